The first kappa shape index (κ1) is 8.86. The number of pyridine rings is 1. The largest absolute Gasteiger partial charge is 0.295 e. The van der Waals surface area contributed by atoms with Crippen LogP contribution in [0.2, 0.25) is 0 Å². The quantitative estimate of drug-likeness (QED) is 0.575. The van der Waals surface area contributed by atoms with Crippen molar-refractivity contribution in [3.05, 3.63) is 39.1 Å². The number of aromatic nitrogens is 1. The van der Waals surface area contributed by atoms with Crippen molar-refractivity contribution in [1.29, 1.82) is 0 Å². The van der Waals surface area contributed by atoms with E-state index in [-0.39, 0.29) is 11.4 Å². The van der Waals surface area contributed by atoms with Gasteiger partial charge in [-0.25, -0.2) is 4.98 Å². The summed E-state index contributed by atoms with van der Waals surface area (Å²) in [6.45, 7) is 5.13. The topological polar surface area (TPSA) is 56.0 Å². The summed E-state index contributed by atoms with van der Waals surface area (Å²) in [4.78, 5) is 13.6. The van der Waals surface area contributed by atoms with Crippen molar-refractivity contribution in [2.24, 2.45) is 0 Å². The molecule has 0 saturated heterocycles. The summed E-state index contributed by atoms with van der Waals surface area (Å²) in [5.74, 6) is 0. The first-order chi connectivity index (χ1) is 5.65. The minimum absolute atomic E-state index is 0.105. The fraction of sp³-hybridized carbons (Fsp3) is 0. The first-order valence-electron chi connectivity index (χ1n) is 3.00. The van der Waals surface area contributed by atoms with Crippen LogP contribution in [0, 0.1) is 16.7 Å². The molecule has 61 valence electrons. The van der Waals surface area contributed by atoms with E-state index in [0.29, 0.717) is 4.47 Å². The van der Waals surface area contributed by atoms with Crippen LogP contribution in [0.4, 0.5) is 5.69 Å². The Hall–Kier alpha value is -1.23. The average molecular weight is 228 g/mol. The molecule has 4 nitrogen and oxygen atoms in total. The van der Waals surface area contributed by atoms with Gasteiger partial charge in [0.2, 0.25) is 0 Å². The maximum atomic E-state index is 10.4. The summed E-state index contributed by atoms with van der Waals surface area (Å²) in [7, 11) is 0. The zero-order chi connectivity index (χ0) is 9.14. The second-order valence-corrected chi connectivity index (χ2v) is 2.90. The summed E-state index contributed by atoms with van der Waals surface area (Å²) in [6, 6.07) is 1.35. The van der Waals surface area contributed by atoms with Crippen molar-refractivity contribution in [3.8, 4) is 0 Å². The summed E-state index contributed by atoms with van der Waals surface area (Å²) in [6.07, 6.45) is 2.55. The summed E-state index contributed by atoms with van der Waals surface area (Å²) in [5.41, 5.74) is 0.0649. The van der Waals surface area contributed by atoms with Crippen molar-refractivity contribution in [2.75, 3.05) is 0 Å². The number of halogens is 1. The lowest BCUT2D eigenvalue weighted by molar-refractivity contribution is -0.385. The van der Waals surface area contributed by atoms with E-state index in [0.717, 1.165) is 6.08 Å². The van der Waals surface area contributed by atoms with Crippen LogP contribution in [-0.2, 0) is 0 Å². The van der Waals surface area contributed by atoms with Crippen molar-refractivity contribution in [2.45, 2.75) is 0 Å². The Bertz CT molecular complexity index is 338. The van der Waals surface area contributed by atoms with Gasteiger partial charge in [-0.2, -0.15) is 0 Å². The third-order valence-corrected chi connectivity index (χ3v) is 1.65. The van der Waals surface area contributed by atoms with Crippen molar-refractivity contribution < 1.29 is 4.92 Å². The molecule has 1 aromatic heterocycles. The van der Waals surface area contributed by atoms with Crippen LogP contribution in [0.15, 0.2) is 16.7 Å². The molecule has 0 N–H and O–H groups in total. The van der Waals surface area contributed by atoms with Gasteiger partial charge in [0.15, 0.2) is 0 Å². The van der Waals surface area contributed by atoms with Crippen LogP contribution in [0.1, 0.15) is 5.69 Å². The second-order valence-electron chi connectivity index (χ2n) is 1.98. The lowest BCUT2D eigenvalue weighted by Gasteiger charge is -1.95. The molecule has 0 aliphatic carbocycles. The van der Waals surface area contributed by atoms with Gasteiger partial charge in [0.05, 0.1) is 4.92 Å². The van der Waals surface area contributed by atoms with E-state index in [2.05, 4.69) is 20.9 Å². The van der Waals surface area contributed by atoms with E-state index >= 15 is 0 Å². The minimum atomic E-state index is -0.531. The van der Waals surface area contributed by atoms with Crippen LogP contribution in [-0.4, -0.2) is 9.91 Å². The Labute approximate surface area is 77.2 Å². The molecular weight excluding hydrogens is 224 g/mol. The normalized spacial score (nSPS) is 9.42. The van der Waals surface area contributed by atoms with E-state index < -0.39 is 4.92 Å². The predicted octanol–water partition coefficient (Wildman–Crippen LogP) is 2.20. The van der Waals surface area contributed by atoms with Crippen molar-refractivity contribution in [3.63, 3.8) is 0 Å². The summed E-state index contributed by atoms with van der Waals surface area (Å²) < 4.78 is 0.555. The molecule has 0 saturated carbocycles. The third kappa shape index (κ3) is 1.68. The summed E-state index contributed by atoms with van der Waals surface area (Å²) in [5, 5.41) is 10.4. The molecule has 0 unspecified atom stereocenters. The number of nitrogens with zero attached hydrogens (tertiary/aromatic N) is 2. The van der Waals surface area contributed by atoms with Gasteiger partial charge >= 0.3 is 0 Å². The molecule has 0 atom stereocenters. The van der Waals surface area contributed by atoms with Gasteiger partial charge in [-0.15, -0.1) is 0 Å². The number of hydrogen-bond donors (Lipinski definition) is 0. The molecule has 0 amide bonds. The van der Waals surface area contributed by atoms with E-state index in [1.807, 2.05) is 0 Å². The lowest BCUT2D eigenvalue weighted by atomic mass is 10.3. The number of nitro groups is 1. The monoisotopic (exact) mass is 227 g/mol. The van der Waals surface area contributed by atoms with Gasteiger partial charge < -0.3 is 0 Å². The second kappa shape index (κ2) is 3.44. The van der Waals surface area contributed by atoms with Gasteiger partial charge in [0.1, 0.15) is 5.69 Å². The number of hydrogen-bond acceptors (Lipinski definition) is 3. The first-order valence-corrected chi connectivity index (χ1v) is 3.79. The van der Waals surface area contributed by atoms with E-state index in [1.54, 1.807) is 0 Å². The van der Waals surface area contributed by atoms with E-state index in [1.165, 1.54) is 12.3 Å². The molecule has 0 aromatic carbocycles. The molecule has 0 aliphatic heterocycles. The lowest BCUT2D eigenvalue weighted by Crippen LogP contribution is -1.93. The Morgan fingerprint density at radius 2 is 2.42 bits per heavy atom. The molecule has 12 heavy (non-hydrogen) atoms. The van der Waals surface area contributed by atoms with Gasteiger partial charge in [0.25, 0.3) is 5.69 Å². The molecule has 1 heterocycles. The van der Waals surface area contributed by atoms with E-state index in [4.69, 9.17) is 6.58 Å². The maximum Gasteiger partial charge on any atom is 0.295 e. The molecule has 5 heteroatoms. The highest BCUT2D eigenvalue weighted by molar-refractivity contribution is 9.10. The van der Waals surface area contributed by atoms with Crippen molar-refractivity contribution >= 4 is 27.7 Å². The highest BCUT2D eigenvalue weighted by Crippen LogP contribution is 2.21. The SMILES string of the molecule is [CH]=Cc1ncc(Br)cc1[N+](=O)[O-]. The molecule has 0 spiro atoms. The fourth-order valence-electron chi connectivity index (χ4n) is 0.714. The highest BCUT2D eigenvalue weighted by atomic mass is 79.9. The van der Waals surface area contributed by atoms with E-state index in [9.17, 15) is 10.1 Å². The van der Waals surface area contributed by atoms with Gasteiger partial charge in [-0.1, -0.05) is 6.58 Å². The molecule has 0 bridgehead atoms. The fourth-order valence-corrected chi connectivity index (χ4v) is 1.03. The van der Waals surface area contributed by atoms with Crippen LogP contribution in [0.5, 0.6) is 0 Å². The Balaban J connectivity index is 3.30. The summed E-state index contributed by atoms with van der Waals surface area (Å²) >= 11 is 3.07. The Morgan fingerprint density at radius 1 is 1.75 bits per heavy atom. The molecule has 1 rings (SSSR count). The van der Waals surface area contributed by atoms with Crippen molar-refractivity contribution in [1.82, 2.24) is 4.98 Å². The molecule has 0 fully saturated rings. The van der Waals surface area contributed by atoms with Gasteiger partial charge in [-0.3, -0.25) is 10.1 Å². The standard InChI is InChI=1S/C7H4BrN2O2/c1-2-6-7(10(11)12)3-5(8)4-9-6/h1-4H. The maximum absolute atomic E-state index is 10.4. The number of rotatable bonds is 2. The third-order valence-electron chi connectivity index (χ3n) is 1.22. The highest BCUT2D eigenvalue weighted by Gasteiger charge is 2.12. The molecule has 1 aromatic rings. The Kier molecular flexibility index (Phi) is 2.54. The van der Waals surface area contributed by atoms with Gasteiger partial charge in [0, 0.05) is 16.7 Å². The van der Waals surface area contributed by atoms with Crippen LogP contribution in [0.25, 0.3) is 6.08 Å². The van der Waals surface area contributed by atoms with Crippen LogP contribution >= 0.6 is 15.9 Å². The van der Waals surface area contributed by atoms with Crippen LogP contribution < -0.4 is 0 Å². The average Bonchev–Trinajstić information content (AvgIpc) is 2.04. The zero-order valence-electron chi connectivity index (χ0n) is 5.90. The Morgan fingerprint density at radius 3 is 2.92 bits per heavy atom. The zero-order valence-corrected chi connectivity index (χ0v) is 7.48. The van der Waals surface area contributed by atoms with Gasteiger partial charge in [-0.05, 0) is 22.0 Å². The minimum Gasteiger partial charge on any atom is -0.258 e. The molecular formula is C7H4BrN2O2. The molecule has 0 aliphatic rings. The van der Waals surface area contributed by atoms with Crippen LogP contribution in [0.3, 0.4) is 0 Å². The predicted molar refractivity (Wildman–Crippen MR) is 47.4 cm³/mol. The smallest absolute Gasteiger partial charge is 0.258 e. The molecule has 1 radical (unpaired) electrons.